The van der Waals surface area contributed by atoms with E-state index in [1.807, 2.05) is 36.4 Å². The zero-order valence-electron chi connectivity index (χ0n) is 25.8. The van der Waals surface area contributed by atoms with Gasteiger partial charge in [0.05, 0.1) is 11.1 Å². The standard InChI is InChI=1S/C43H33NO2/c1-6-31-41(39(44-7-2)30-25-24-28(4)21-20-27(3)22-23-29(5)26-30)46-43-38-36-18-12-10-16-34(36)32-14-8-9-15-33(32)35-17-11-13-19-37(35)40(38)45-42(31)43/h6-27H,1-2,4-5H2,3H3/b21-20-,23-22-,25-24-,30-26-,34-32?,35-33?,38-36?,40-37?,44-39-. The highest BCUT2D eigenvalue weighted by Gasteiger charge is 2.31. The van der Waals surface area contributed by atoms with Crippen LogP contribution < -0.4 is 0 Å². The highest BCUT2D eigenvalue weighted by atomic mass is 16.4. The zero-order chi connectivity index (χ0) is 31.8. The first-order chi connectivity index (χ1) is 22.5. The van der Waals surface area contributed by atoms with E-state index in [0.717, 1.165) is 61.4 Å². The molecule has 0 amide bonds. The highest BCUT2D eigenvalue weighted by molar-refractivity contribution is 6.19. The summed E-state index contributed by atoms with van der Waals surface area (Å²) in [6, 6.07) is 25.3. The Hall–Kier alpha value is -5.93. The van der Waals surface area contributed by atoms with Crippen LogP contribution >= 0.6 is 0 Å². The molecule has 0 bridgehead atoms. The van der Waals surface area contributed by atoms with Crippen molar-refractivity contribution in [2.75, 3.05) is 0 Å². The molecule has 7 rings (SSSR count). The summed E-state index contributed by atoms with van der Waals surface area (Å²) >= 11 is 0. The number of fused-ring (bicyclic) bond motifs is 10. The Balaban J connectivity index is 1.51. The van der Waals surface area contributed by atoms with Crippen LogP contribution in [0.1, 0.15) is 18.2 Å². The molecule has 0 N–H and O–H groups in total. The van der Waals surface area contributed by atoms with Crippen LogP contribution in [0.2, 0.25) is 0 Å². The maximum atomic E-state index is 6.88. The number of hydrogen-bond donors (Lipinski definition) is 0. The van der Waals surface area contributed by atoms with Crippen molar-refractivity contribution in [3.05, 3.63) is 176 Å². The van der Waals surface area contributed by atoms with Crippen LogP contribution in [-0.2, 0) is 0 Å². The first-order valence-corrected chi connectivity index (χ1v) is 15.3. The number of hydrogen-bond acceptors (Lipinski definition) is 3. The lowest BCUT2D eigenvalue weighted by Crippen LogP contribution is -2.04. The molecule has 2 heterocycles. The van der Waals surface area contributed by atoms with Gasteiger partial charge in [-0.15, -0.1) is 0 Å². The fourth-order valence-corrected chi connectivity index (χ4v) is 6.22. The molecule has 0 saturated carbocycles. The third-order valence-electron chi connectivity index (χ3n) is 8.39. The molecule has 46 heavy (non-hydrogen) atoms. The Kier molecular flexibility index (Phi) is 7.44. The molecule has 3 aromatic carbocycles. The first kappa shape index (κ1) is 28.8. The molecule has 5 aromatic rings. The van der Waals surface area contributed by atoms with Crippen LogP contribution in [-0.4, -0.2) is 5.71 Å². The van der Waals surface area contributed by atoms with Gasteiger partial charge in [0.1, 0.15) is 11.5 Å². The van der Waals surface area contributed by atoms with Crippen molar-refractivity contribution in [1.29, 1.82) is 0 Å². The Morgan fingerprint density at radius 2 is 1.24 bits per heavy atom. The van der Waals surface area contributed by atoms with Crippen molar-refractivity contribution in [3.8, 4) is 44.7 Å². The molecule has 0 saturated heterocycles. The summed E-state index contributed by atoms with van der Waals surface area (Å²) in [5, 5.41) is 0. The average Bonchev–Trinajstić information content (AvgIpc) is 3.61. The van der Waals surface area contributed by atoms with Gasteiger partial charge < -0.3 is 8.83 Å². The van der Waals surface area contributed by atoms with Crippen LogP contribution in [0.3, 0.4) is 0 Å². The molecule has 1 unspecified atom stereocenters. The predicted molar refractivity (Wildman–Crippen MR) is 194 cm³/mol. The summed E-state index contributed by atoms with van der Waals surface area (Å²) in [5.74, 6) is 1.53. The zero-order valence-corrected chi connectivity index (χ0v) is 25.8. The summed E-state index contributed by atoms with van der Waals surface area (Å²) in [6.07, 6.45) is 17.5. The lowest BCUT2D eigenvalue weighted by atomic mass is 9.83. The van der Waals surface area contributed by atoms with Gasteiger partial charge in [0.25, 0.3) is 0 Å². The maximum Gasteiger partial charge on any atom is 0.182 e. The van der Waals surface area contributed by atoms with Crippen LogP contribution in [0.15, 0.2) is 178 Å². The van der Waals surface area contributed by atoms with Crippen molar-refractivity contribution >= 4 is 23.0 Å². The summed E-state index contributed by atoms with van der Waals surface area (Å²) in [7, 11) is 0. The molecular weight excluding hydrogens is 562 g/mol. The minimum Gasteiger partial charge on any atom is -0.451 e. The van der Waals surface area contributed by atoms with Gasteiger partial charge >= 0.3 is 0 Å². The van der Waals surface area contributed by atoms with Gasteiger partial charge in [0.15, 0.2) is 16.9 Å². The van der Waals surface area contributed by atoms with Crippen molar-refractivity contribution < 1.29 is 8.83 Å². The van der Waals surface area contributed by atoms with E-state index < -0.39 is 0 Å². The number of nitrogens with zero attached hydrogens (tertiary/aromatic N) is 1. The molecule has 0 aliphatic heterocycles. The summed E-state index contributed by atoms with van der Waals surface area (Å²) in [4.78, 5) is 4.75. The Morgan fingerprint density at radius 3 is 1.87 bits per heavy atom. The molecule has 3 nitrogen and oxygen atoms in total. The smallest absolute Gasteiger partial charge is 0.182 e. The average molecular weight is 596 g/mol. The number of furan rings is 2. The highest BCUT2D eigenvalue weighted by Crippen LogP contribution is 2.52. The summed E-state index contributed by atoms with van der Waals surface area (Å²) in [5.41, 5.74) is 12.5. The lowest BCUT2D eigenvalue weighted by Gasteiger charge is -2.19. The Bertz CT molecular complexity index is 2240. The van der Waals surface area contributed by atoms with Gasteiger partial charge in [0.2, 0.25) is 0 Å². The van der Waals surface area contributed by atoms with Gasteiger partial charge in [-0.2, -0.15) is 0 Å². The van der Waals surface area contributed by atoms with Crippen molar-refractivity contribution in [3.63, 3.8) is 0 Å². The molecule has 222 valence electrons. The SMILES string of the molecule is C=C/N=C(C1=C\C(=C)/C=C\C(C)/C=C\C(=C)/C=C\1)\c1oc2c3c(oc2c1C=C)-c1ccccc1-c1ccccc1-c1ccccc1-3. The molecule has 2 aromatic heterocycles. The fourth-order valence-electron chi connectivity index (χ4n) is 6.22. The normalized spacial score (nSPS) is 19.2. The van der Waals surface area contributed by atoms with Gasteiger partial charge in [-0.1, -0.05) is 149 Å². The number of aliphatic imine (C=N–C) groups is 1. The first-order valence-electron chi connectivity index (χ1n) is 15.3. The Morgan fingerprint density at radius 1 is 0.674 bits per heavy atom. The van der Waals surface area contributed by atoms with E-state index in [0.29, 0.717) is 28.2 Å². The fraction of sp³-hybridized carbons (Fsp3) is 0.0465. The van der Waals surface area contributed by atoms with Crippen LogP contribution in [0, 0.1) is 5.92 Å². The topological polar surface area (TPSA) is 38.6 Å². The van der Waals surface area contributed by atoms with E-state index in [-0.39, 0.29) is 5.92 Å². The largest absolute Gasteiger partial charge is 0.451 e. The van der Waals surface area contributed by atoms with Crippen molar-refractivity contribution in [1.82, 2.24) is 0 Å². The van der Waals surface area contributed by atoms with E-state index in [1.54, 1.807) is 6.08 Å². The number of benzene rings is 3. The van der Waals surface area contributed by atoms with Crippen LogP contribution in [0.25, 0.3) is 61.9 Å². The minimum atomic E-state index is 0.238. The van der Waals surface area contributed by atoms with E-state index in [1.165, 1.54) is 6.20 Å². The quantitative estimate of drug-likeness (QED) is 0.190. The summed E-state index contributed by atoms with van der Waals surface area (Å²) < 4.78 is 13.7. The molecule has 2 aliphatic rings. The second-order valence-electron chi connectivity index (χ2n) is 11.5. The van der Waals surface area contributed by atoms with Gasteiger partial charge in [-0.25, -0.2) is 0 Å². The molecule has 1 atom stereocenters. The molecular formula is C43H33NO2. The molecule has 0 radical (unpaired) electrons. The monoisotopic (exact) mass is 595 g/mol. The van der Waals surface area contributed by atoms with E-state index in [9.17, 15) is 0 Å². The van der Waals surface area contributed by atoms with Gasteiger partial charge in [0, 0.05) is 17.3 Å². The minimum absolute atomic E-state index is 0.238. The maximum absolute atomic E-state index is 6.88. The molecule has 0 fully saturated rings. The van der Waals surface area contributed by atoms with Crippen molar-refractivity contribution in [2.24, 2.45) is 10.9 Å². The lowest BCUT2D eigenvalue weighted by molar-refractivity contribution is 0.603. The van der Waals surface area contributed by atoms with Crippen LogP contribution in [0.4, 0.5) is 0 Å². The third kappa shape index (κ3) is 4.92. The van der Waals surface area contributed by atoms with Crippen molar-refractivity contribution in [2.45, 2.75) is 6.92 Å². The Labute approximate surface area is 269 Å². The molecule has 0 spiro atoms. The van der Waals surface area contributed by atoms with Crippen LogP contribution in [0.5, 0.6) is 0 Å². The number of allylic oxidation sites excluding steroid dienone is 10. The molecule has 3 heteroatoms. The van der Waals surface area contributed by atoms with E-state index >= 15 is 0 Å². The third-order valence-corrected chi connectivity index (χ3v) is 8.39. The summed E-state index contributed by atoms with van der Waals surface area (Å²) in [6.45, 7) is 18.7. The van der Waals surface area contributed by atoms with Gasteiger partial charge in [-0.3, -0.25) is 4.99 Å². The second-order valence-corrected chi connectivity index (χ2v) is 11.5. The van der Waals surface area contributed by atoms with E-state index in [2.05, 4.69) is 112 Å². The predicted octanol–water partition coefficient (Wildman–Crippen LogP) is 11.9. The number of rotatable bonds is 4. The second kappa shape index (κ2) is 11.9. The van der Waals surface area contributed by atoms with E-state index in [4.69, 9.17) is 13.8 Å². The molecule has 2 aliphatic carbocycles. The van der Waals surface area contributed by atoms with Gasteiger partial charge in [-0.05, 0) is 51.0 Å².